The van der Waals surface area contributed by atoms with Crippen LogP contribution in [0.4, 0.5) is 0 Å². The Morgan fingerprint density at radius 2 is 1.25 bits per heavy atom. The van der Waals surface area contributed by atoms with Gasteiger partial charge >= 0.3 is 19.4 Å². The van der Waals surface area contributed by atoms with Crippen LogP contribution in [0.25, 0.3) is 0 Å². The van der Waals surface area contributed by atoms with Gasteiger partial charge in [-0.15, -0.1) is 0 Å². The van der Waals surface area contributed by atoms with Gasteiger partial charge in [-0.25, -0.2) is 0 Å². The smallest absolute Gasteiger partial charge is 0.280 e. The molecule has 7 nitrogen and oxygen atoms in total. The molecular weight excluding hydrogens is 236 g/mol. The first-order valence-corrected chi connectivity index (χ1v) is 5.80. The van der Waals surface area contributed by atoms with E-state index in [2.05, 4.69) is 10.7 Å². The number of hydrogen-bond acceptors (Lipinski definition) is 5. The van der Waals surface area contributed by atoms with Gasteiger partial charge in [-0.1, -0.05) is 0 Å². The normalized spacial score (nSPS) is 11.3. The Labute approximate surface area is 73.3 Å². The Balaban J connectivity index is 0. The summed E-state index contributed by atoms with van der Waals surface area (Å²) in [5.74, 6) is 0. The number of halogens is 1. The summed E-state index contributed by atoms with van der Waals surface area (Å²) < 4.78 is 52.0. The Morgan fingerprint density at radius 1 is 1.17 bits per heavy atom. The van der Waals surface area contributed by atoms with E-state index in [0.717, 1.165) is 6.92 Å². The molecule has 0 aromatic heterocycles. The first-order valence-electron chi connectivity index (χ1n) is 2.09. The van der Waals surface area contributed by atoms with Crippen LogP contribution in [0.15, 0.2) is 0 Å². The summed E-state index contributed by atoms with van der Waals surface area (Å²) in [6.45, 7) is 0.773. The fourth-order valence-electron chi connectivity index (χ4n) is 0. The van der Waals surface area contributed by atoms with Crippen molar-refractivity contribution in [3.63, 3.8) is 0 Å². The van der Waals surface area contributed by atoms with Crippen molar-refractivity contribution in [3.05, 3.63) is 0 Å². The van der Waals surface area contributed by atoms with Crippen molar-refractivity contribution in [1.29, 1.82) is 0 Å². The summed E-state index contributed by atoms with van der Waals surface area (Å²) >= 11 is 0. The summed E-state index contributed by atoms with van der Waals surface area (Å²) in [7, 11) is -4.52. The van der Waals surface area contributed by atoms with Gasteiger partial charge in [0, 0.05) is 17.6 Å². The largest absolute Gasteiger partial charge is 0.353 e. The van der Waals surface area contributed by atoms with E-state index in [1.807, 2.05) is 0 Å². The van der Waals surface area contributed by atoms with Gasteiger partial charge in [0.1, 0.15) is 0 Å². The topological polar surface area (TPSA) is 126 Å². The van der Waals surface area contributed by atoms with Crippen molar-refractivity contribution in [2.45, 2.75) is 6.92 Å². The lowest BCUT2D eigenvalue weighted by Gasteiger charge is -1.80. The van der Waals surface area contributed by atoms with Crippen LogP contribution in [0.2, 0.25) is 0 Å². The summed E-state index contributed by atoms with van der Waals surface area (Å²) in [4.78, 5) is 9.63. The monoisotopic (exact) mass is 240 g/mol. The molecule has 0 atom stereocenters. The zero-order chi connectivity index (χ0) is 10.6. The van der Waals surface area contributed by atoms with E-state index in [-0.39, 0.29) is 0 Å². The SMILES string of the molecule is CC(=O)S(=O)(=O)O.O=S(=O)(O)Cl. The van der Waals surface area contributed by atoms with E-state index in [1.54, 1.807) is 0 Å². The predicted octanol–water partition coefficient (Wildman–Crippen LogP) is -0.551. The molecule has 0 radical (unpaired) electrons. The Kier molecular flexibility index (Phi) is 5.63. The van der Waals surface area contributed by atoms with Crippen molar-refractivity contribution < 1.29 is 30.7 Å². The van der Waals surface area contributed by atoms with Crippen LogP contribution in [0, 0.1) is 0 Å². The molecular formula is C2H5ClO7S2. The molecule has 0 aliphatic heterocycles. The summed E-state index contributed by atoms with van der Waals surface area (Å²) in [6, 6.07) is 0. The predicted molar refractivity (Wildman–Crippen MR) is 39.6 cm³/mol. The second-order valence-corrected chi connectivity index (χ2v) is 4.90. The minimum absolute atomic E-state index is 0.773. The fraction of sp³-hybridized carbons (Fsp3) is 0.500. The highest BCUT2D eigenvalue weighted by Crippen LogP contribution is 1.82. The van der Waals surface area contributed by atoms with Crippen LogP contribution in [-0.2, 0) is 24.2 Å². The highest BCUT2D eigenvalue weighted by atomic mass is 35.7. The Morgan fingerprint density at radius 3 is 1.25 bits per heavy atom. The summed E-state index contributed by atoms with van der Waals surface area (Å²) in [6.07, 6.45) is 0. The maximum atomic E-state index is 9.63. The Hall–Kier alpha value is -0.220. The fourth-order valence-corrected chi connectivity index (χ4v) is 0. The number of carbonyl (C=O) groups excluding carboxylic acids is 1. The first-order chi connectivity index (χ1) is 4.94. The van der Waals surface area contributed by atoms with E-state index >= 15 is 0 Å². The quantitative estimate of drug-likeness (QED) is 0.430. The van der Waals surface area contributed by atoms with Crippen molar-refractivity contribution in [3.8, 4) is 0 Å². The van der Waals surface area contributed by atoms with E-state index in [4.69, 9.17) is 17.5 Å². The lowest BCUT2D eigenvalue weighted by atomic mass is 10.9. The molecule has 0 aromatic carbocycles. The van der Waals surface area contributed by atoms with E-state index in [9.17, 15) is 13.2 Å². The lowest BCUT2D eigenvalue weighted by Crippen LogP contribution is -2.07. The molecule has 0 heterocycles. The van der Waals surface area contributed by atoms with E-state index in [0.29, 0.717) is 0 Å². The molecule has 0 fully saturated rings. The molecule has 10 heteroatoms. The average Bonchev–Trinajstić information content (AvgIpc) is 1.55. The third kappa shape index (κ3) is 22.6. The van der Waals surface area contributed by atoms with Gasteiger partial charge < -0.3 is 0 Å². The number of hydrogen-bond donors (Lipinski definition) is 2. The molecule has 74 valence electrons. The van der Waals surface area contributed by atoms with Gasteiger partial charge in [0.2, 0.25) is 0 Å². The second kappa shape index (κ2) is 4.72. The first kappa shape index (κ1) is 14.3. The summed E-state index contributed by atoms with van der Waals surface area (Å²) in [5, 5.41) is -1.23. The maximum Gasteiger partial charge on any atom is 0.353 e. The van der Waals surface area contributed by atoms with Crippen molar-refractivity contribution in [2.24, 2.45) is 0 Å². The molecule has 12 heavy (non-hydrogen) atoms. The molecule has 0 saturated heterocycles. The van der Waals surface area contributed by atoms with Crippen molar-refractivity contribution in [1.82, 2.24) is 0 Å². The standard InChI is InChI=1S/C2H4O4S.ClHO3S/c1-2(3)7(4,5)6;1-5(2,3)4/h1H3,(H,4,5,6);(H,2,3,4). The molecule has 0 bridgehead atoms. The second-order valence-electron chi connectivity index (χ2n) is 1.38. The van der Waals surface area contributed by atoms with Gasteiger partial charge in [0.25, 0.3) is 5.12 Å². The van der Waals surface area contributed by atoms with Crippen molar-refractivity contribution in [2.75, 3.05) is 0 Å². The molecule has 0 spiro atoms. The molecule has 2 N–H and O–H groups in total. The third-order valence-electron chi connectivity index (χ3n) is 0.363. The van der Waals surface area contributed by atoms with Crippen LogP contribution >= 0.6 is 10.7 Å². The zero-order valence-corrected chi connectivity index (χ0v) is 8.02. The molecule has 0 saturated carbocycles. The van der Waals surface area contributed by atoms with Gasteiger partial charge in [0.15, 0.2) is 0 Å². The van der Waals surface area contributed by atoms with Gasteiger partial charge in [-0.05, 0) is 0 Å². The molecule has 0 aliphatic rings. The maximum absolute atomic E-state index is 9.63. The molecule has 0 rings (SSSR count). The highest BCUT2D eigenvalue weighted by Gasteiger charge is 2.09. The van der Waals surface area contributed by atoms with Crippen LogP contribution in [0.1, 0.15) is 6.92 Å². The molecule has 0 aliphatic carbocycles. The average molecular weight is 241 g/mol. The van der Waals surface area contributed by atoms with E-state index in [1.165, 1.54) is 0 Å². The summed E-state index contributed by atoms with van der Waals surface area (Å²) in [5.41, 5.74) is 0. The van der Waals surface area contributed by atoms with Crippen molar-refractivity contribution >= 4 is 35.2 Å². The van der Waals surface area contributed by atoms with Gasteiger partial charge in [0.05, 0.1) is 0 Å². The van der Waals surface area contributed by atoms with Gasteiger partial charge in [-0.3, -0.25) is 13.9 Å². The molecule has 0 aromatic rings. The highest BCUT2D eigenvalue weighted by molar-refractivity contribution is 8.09. The Bertz CT molecular complexity index is 328. The van der Waals surface area contributed by atoms with Crippen LogP contribution in [0.5, 0.6) is 0 Å². The number of carbonyl (C=O) groups is 1. The molecule has 0 unspecified atom stereocenters. The van der Waals surface area contributed by atoms with Crippen LogP contribution < -0.4 is 0 Å². The zero-order valence-electron chi connectivity index (χ0n) is 5.63. The third-order valence-corrected chi connectivity index (χ3v) is 1.09. The number of rotatable bonds is 0. The van der Waals surface area contributed by atoms with Crippen LogP contribution in [-0.4, -0.2) is 31.1 Å². The molecule has 0 amide bonds. The van der Waals surface area contributed by atoms with E-state index < -0.39 is 24.6 Å². The minimum atomic E-state index is -4.38. The van der Waals surface area contributed by atoms with Gasteiger partial charge in [-0.2, -0.15) is 16.8 Å². The van der Waals surface area contributed by atoms with Crippen LogP contribution in [0.3, 0.4) is 0 Å². The minimum Gasteiger partial charge on any atom is -0.280 e. The lowest BCUT2D eigenvalue weighted by molar-refractivity contribution is -0.110.